The van der Waals surface area contributed by atoms with Crippen LogP contribution in [0.4, 0.5) is 0 Å². The molecule has 3 heteroatoms. The summed E-state index contributed by atoms with van der Waals surface area (Å²) >= 11 is 0. The molecule has 0 saturated heterocycles. The lowest BCUT2D eigenvalue weighted by Crippen LogP contribution is -2.36. The van der Waals surface area contributed by atoms with Crippen molar-refractivity contribution in [2.75, 3.05) is 0 Å². The molecule has 3 rings (SSSR count). The summed E-state index contributed by atoms with van der Waals surface area (Å²) < 4.78 is 5.97. The van der Waals surface area contributed by atoms with Crippen molar-refractivity contribution in [3.8, 4) is 5.75 Å². The molecule has 2 aromatic carbocycles. The van der Waals surface area contributed by atoms with Crippen molar-refractivity contribution in [3.05, 3.63) is 71.8 Å². The molecule has 25 heavy (non-hydrogen) atoms. The van der Waals surface area contributed by atoms with Gasteiger partial charge in [-0.3, -0.25) is 4.79 Å². The molecule has 0 atom stereocenters. The third-order valence-corrected chi connectivity index (χ3v) is 4.66. The Balaban J connectivity index is 1.75. The summed E-state index contributed by atoms with van der Waals surface area (Å²) in [5.74, 6) is 0.556. The van der Waals surface area contributed by atoms with E-state index in [0.717, 1.165) is 24.0 Å². The van der Waals surface area contributed by atoms with Crippen LogP contribution < -0.4 is 10.1 Å². The number of amides is 1. The number of benzene rings is 2. The Morgan fingerprint density at radius 2 is 1.88 bits per heavy atom. The number of hydrogen-bond acceptors (Lipinski definition) is 2. The highest BCUT2D eigenvalue weighted by molar-refractivity contribution is 5.97. The van der Waals surface area contributed by atoms with Gasteiger partial charge in [-0.15, -0.1) is 0 Å². The summed E-state index contributed by atoms with van der Waals surface area (Å²) in [6, 6.07) is 15.9. The normalized spacial score (nSPS) is 14.7. The predicted octanol–water partition coefficient (Wildman–Crippen LogP) is 4.97. The zero-order chi connectivity index (χ0) is 17.5. The molecule has 0 unspecified atom stereocenters. The van der Waals surface area contributed by atoms with E-state index in [0.29, 0.717) is 17.9 Å². The first-order chi connectivity index (χ1) is 12.3. The summed E-state index contributed by atoms with van der Waals surface area (Å²) in [7, 11) is 0. The van der Waals surface area contributed by atoms with Gasteiger partial charge in [-0.25, -0.2) is 0 Å². The van der Waals surface area contributed by atoms with Crippen molar-refractivity contribution in [1.82, 2.24) is 5.32 Å². The van der Waals surface area contributed by atoms with Gasteiger partial charge in [0.05, 0.1) is 5.56 Å². The minimum atomic E-state index is -0.0504. The number of nitrogens with one attached hydrogen (secondary N) is 1. The molecule has 1 aliphatic carbocycles. The Bertz CT molecular complexity index is 718. The van der Waals surface area contributed by atoms with Crippen molar-refractivity contribution >= 4 is 12.0 Å². The molecule has 1 amide bonds. The first-order valence-electron chi connectivity index (χ1n) is 9.00. The van der Waals surface area contributed by atoms with Crippen LogP contribution in [0.25, 0.3) is 6.08 Å². The number of rotatable bonds is 6. The van der Waals surface area contributed by atoms with Crippen molar-refractivity contribution < 1.29 is 9.53 Å². The molecule has 0 spiro atoms. The van der Waals surface area contributed by atoms with Gasteiger partial charge in [-0.05, 0) is 36.1 Å². The SMILES string of the molecule is C=Cc1ccc(C(=O)NC2CCCCC2)c(OCc2ccccc2)c1. The van der Waals surface area contributed by atoms with Crippen LogP contribution in [0.2, 0.25) is 0 Å². The molecular formula is C22H25NO2. The predicted molar refractivity (Wildman–Crippen MR) is 102 cm³/mol. The van der Waals surface area contributed by atoms with E-state index in [2.05, 4.69) is 11.9 Å². The van der Waals surface area contributed by atoms with Gasteiger partial charge < -0.3 is 10.1 Å². The largest absolute Gasteiger partial charge is 0.488 e. The zero-order valence-electron chi connectivity index (χ0n) is 14.5. The smallest absolute Gasteiger partial charge is 0.255 e. The van der Waals surface area contributed by atoms with E-state index in [4.69, 9.17) is 4.74 Å². The third kappa shape index (κ3) is 4.72. The Kier molecular flexibility index (Phi) is 5.89. The molecule has 0 heterocycles. The minimum Gasteiger partial charge on any atom is -0.488 e. The van der Waals surface area contributed by atoms with E-state index in [1.165, 1.54) is 19.3 Å². The highest BCUT2D eigenvalue weighted by atomic mass is 16.5. The number of carbonyl (C=O) groups is 1. The van der Waals surface area contributed by atoms with Gasteiger partial charge in [0.15, 0.2) is 0 Å². The molecular weight excluding hydrogens is 310 g/mol. The van der Waals surface area contributed by atoms with Crippen LogP contribution in [0.1, 0.15) is 53.6 Å². The second kappa shape index (κ2) is 8.52. The topological polar surface area (TPSA) is 38.3 Å². The molecule has 3 nitrogen and oxygen atoms in total. The summed E-state index contributed by atoms with van der Waals surface area (Å²) in [5.41, 5.74) is 2.61. The zero-order valence-corrected chi connectivity index (χ0v) is 14.5. The fourth-order valence-electron chi connectivity index (χ4n) is 3.22. The van der Waals surface area contributed by atoms with Gasteiger partial charge in [0.2, 0.25) is 0 Å². The second-order valence-corrected chi connectivity index (χ2v) is 6.54. The third-order valence-electron chi connectivity index (χ3n) is 4.66. The number of ether oxygens (including phenoxy) is 1. The van der Waals surface area contributed by atoms with Crippen molar-refractivity contribution in [2.45, 2.75) is 44.8 Å². The summed E-state index contributed by atoms with van der Waals surface area (Å²) in [4.78, 5) is 12.7. The van der Waals surface area contributed by atoms with Crippen LogP contribution in [0.3, 0.4) is 0 Å². The standard InChI is InChI=1S/C22H25NO2/c1-2-17-13-14-20(22(24)23-19-11-7-4-8-12-19)21(15-17)25-16-18-9-5-3-6-10-18/h2-3,5-6,9-10,13-15,19H,1,4,7-8,11-12,16H2,(H,23,24). The van der Waals surface area contributed by atoms with Crippen LogP contribution in [-0.2, 0) is 6.61 Å². The lowest BCUT2D eigenvalue weighted by molar-refractivity contribution is 0.0923. The molecule has 0 aromatic heterocycles. The first-order valence-corrected chi connectivity index (χ1v) is 9.00. The van der Waals surface area contributed by atoms with E-state index < -0.39 is 0 Å². The van der Waals surface area contributed by atoms with Crippen LogP contribution in [0.15, 0.2) is 55.1 Å². The number of hydrogen-bond donors (Lipinski definition) is 1. The van der Waals surface area contributed by atoms with Gasteiger partial charge in [-0.1, -0.05) is 68.3 Å². The Morgan fingerprint density at radius 3 is 2.60 bits per heavy atom. The van der Waals surface area contributed by atoms with E-state index in [-0.39, 0.29) is 11.9 Å². The van der Waals surface area contributed by atoms with Crippen LogP contribution in [0, 0.1) is 0 Å². The lowest BCUT2D eigenvalue weighted by Gasteiger charge is -2.23. The molecule has 2 aromatic rings. The molecule has 1 aliphatic rings. The lowest BCUT2D eigenvalue weighted by atomic mass is 9.95. The van der Waals surface area contributed by atoms with Crippen LogP contribution in [0.5, 0.6) is 5.75 Å². The molecule has 0 aliphatic heterocycles. The highest BCUT2D eigenvalue weighted by Crippen LogP contribution is 2.24. The second-order valence-electron chi connectivity index (χ2n) is 6.54. The van der Waals surface area contributed by atoms with Crippen molar-refractivity contribution in [3.63, 3.8) is 0 Å². The number of carbonyl (C=O) groups excluding carboxylic acids is 1. The minimum absolute atomic E-state index is 0.0504. The molecule has 130 valence electrons. The summed E-state index contributed by atoms with van der Waals surface area (Å²) in [6.07, 6.45) is 7.55. The average Bonchev–Trinajstić information content (AvgIpc) is 2.67. The Hall–Kier alpha value is -2.55. The van der Waals surface area contributed by atoms with Crippen molar-refractivity contribution in [1.29, 1.82) is 0 Å². The van der Waals surface area contributed by atoms with Gasteiger partial charge >= 0.3 is 0 Å². The van der Waals surface area contributed by atoms with Gasteiger partial charge in [-0.2, -0.15) is 0 Å². The maximum atomic E-state index is 12.7. The van der Waals surface area contributed by atoms with Crippen LogP contribution in [-0.4, -0.2) is 11.9 Å². The fraction of sp³-hybridized carbons (Fsp3) is 0.318. The molecule has 1 N–H and O–H groups in total. The molecule has 1 fully saturated rings. The molecule has 0 radical (unpaired) electrons. The van der Waals surface area contributed by atoms with Gasteiger partial charge in [0, 0.05) is 6.04 Å². The van der Waals surface area contributed by atoms with Crippen LogP contribution >= 0.6 is 0 Å². The maximum absolute atomic E-state index is 12.7. The van der Waals surface area contributed by atoms with E-state index in [1.54, 1.807) is 6.08 Å². The van der Waals surface area contributed by atoms with E-state index >= 15 is 0 Å². The summed E-state index contributed by atoms with van der Waals surface area (Å²) in [5, 5.41) is 3.17. The Morgan fingerprint density at radius 1 is 1.12 bits per heavy atom. The monoisotopic (exact) mass is 335 g/mol. The molecule has 1 saturated carbocycles. The highest BCUT2D eigenvalue weighted by Gasteiger charge is 2.19. The quantitative estimate of drug-likeness (QED) is 0.809. The van der Waals surface area contributed by atoms with Crippen molar-refractivity contribution in [2.24, 2.45) is 0 Å². The summed E-state index contributed by atoms with van der Waals surface area (Å²) in [6.45, 7) is 4.24. The Labute approximate surface area is 149 Å². The van der Waals surface area contributed by atoms with Gasteiger partial charge in [0.25, 0.3) is 5.91 Å². The fourth-order valence-corrected chi connectivity index (χ4v) is 3.22. The van der Waals surface area contributed by atoms with E-state index in [1.807, 2.05) is 48.5 Å². The first kappa shape index (κ1) is 17.3. The van der Waals surface area contributed by atoms with Gasteiger partial charge in [0.1, 0.15) is 12.4 Å². The molecule has 0 bridgehead atoms. The van der Waals surface area contributed by atoms with E-state index in [9.17, 15) is 4.79 Å². The maximum Gasteiger partial charge on any atom is 0.255 e. The average molecular weight is 335 g/mol.